The van der Waals surface area contributed by atoms with Crippen molar-refractivity contribution in [2.24, 2.45) is 5.92 Å². The Balaban J connectivity index is 2.65. The molecule has 0 unspecified atom stereocenters. The van der Waals surface area contributed by atoms with Crippen LogP contribution in [0.5, 0.6) is 0 Å². The molecule has 0 saturated carbocycles. The molecule has 13 heteroatoms. The van der Waals surface area contributed by atoms with E-state index in [-0.39, 0.29) is 24.7 Å². The lowest BCUT2D eigenvalue weighted by Crippen LogP contribution is -2.61. The zero-order valence-corrected chi connectivity index (χ0v) is 21.0. The number of amides is 2. The molecule has 1 atom stereocenters. The molecule has 0 spiro atoms. The summed E-state index contributed by atoms with van der Waals surface area (Å²) in [5.74, 6) is -2.10. The van der Waals surface area contributed by atoms with E-state index in [0.29, 0.717) is 0 Å². The minimum atomic E-state index is -4.03. The van der Waals surface area contributed by atoms with Gasteiger partial charge in [-0.2, -0.15) is 0 Å². The molecule has 0 N–H and O–H groups in total. The van der Waals surface area contributed by atoms with Crippen LogP contribution in [0.15, 0.2) is 17.0 Å². The minimum Gasteiger partial charge on any atom is -0.465 e. The highest BCUT2D eigenvalue weighted by atomic mass is 32.2. The van der Waals surface area contributed by atoms with Crippen LogP contribution in [0.1, 0.15) is 45.0 Å². The van der Waals surface area contributed by atoms with Gasteiger partial charge in [0.25, 0.3) is 5.69 Å². The minimum absolute atomic E-state index is 0.00633. The molecule has 2 rings (SSSR count). The van der Waals surface area contributed by atoms with Gasteiger partial charge in [-0.05, 0) is 32.8 Å². The number of anilines is 1. The lowest BCUT2D eigenvalue weighted by molar-refractivity contribution is -0.384. The molecular formula is C21H29N3O9S. The molecule has 0 aromatic heterocycles. The Morgan fingerprint density at radius 3 is 2.24 bits per heavy atom. The molecule has 12 nitrogen and oxygen atoms in total. The molecule has 0 aliphatic carbocycles. The van der Waals surface area contributed by atoms with Crippen LogP contribution in [0.2, 0.25) is 0 Å². The number of nitro groups is 1. The third-order valence-electron chi connectivity index (χ3n) is 5.05. The SMILES string of the molecule is COC(=O)c1cc([N+](=O)[O-])c(N2CCN(C(=O)OC(C)(C)C)[C@H](C(C)C)C2=O)cc1S(C)(=O)=O. The number of carbonyl (C=O) groups is 3. The Hall–Kier alpha value is -3.22. The van der Waals surface area contributed by atoms with Crippen molar-refractivity contribution in [3.63, 3.8) is 0 Å². The standard InChI is InChI=1S/C21H29N3O9S/c1-12(2)17-18(25)22(8-9-23(17)20(27)33-21(3,4)5)14-11-16(34(7,30)31)13(19(26)32-6)10-15(14)24(28)29/h10-12,17H,8-9H2,1-7H3/t17-/m1/s1. The second kappa shape index (κ2) is 9.57. The van der Waals surface area contributed by atoms with Gasteiger partial charge < -0.3 is 14.4 Å². The molecule has 1 aromatic rings. The van der Waals surface area contributed by atoms with Crippen LogP contribution in [0.3, 0.4) is 0 Å². The molecule has 1 fully saturated rings. The molecule has 2 amide bonds. The quantitative estimate of drug-likeness (QED) is 0.337. The normalized spacial score (nSPS) is 17.1. The molecule has 1 aliphatic rings. The second-order valence-corrected chi connectivity index (χ2v) is 11.2. The van der Waals surface area contributed by atoms with Crippen LogP contribution in [-0.2, 0) is 24.1 Å². The molecule has 188 valence electrons. The topological polar surface area (TPSA) is 153 Å². The van der Waals surface area contributed by atoms with Gasteiger partial charge >= 0.3 is 12.1 Å². The van der Waals surface area contributed by atoms with Crippen molar-refractivity contribution in [3.8, 4) is 0 Å². The summed E-state index contributed by atoms with van der Waals surface area (Å²) in [7, 11) is -3.02. The van der Waals surface area contributed by atoms with Gasteiger partial charge in [-0.15, -0.1) is 0 Å². The third-order valence-corrected chi connectivity index (χ3v) is 6.18. The zero-order chi connectivity index (χ0) is 26.2. The van der Waals surface area contributed by atoms with Crippen molar-refractivity contribution in [2.45, 2.75) is 51.2 Å². The fraction of sp³-hybridized carbons (Fsp3) is 0.571. The Morgan fingerprint density at radius 2 is 1.79 bits per heavy atom. The van der Waals surface area contributed by atoms with Gasteiger partial charge in [-0.3, -0.25) is 19.8 Å². The Bertz CT molecular complexity index is 1120. The van der Waals surface area contributed by atoms with E-state index in [9.17, 15) is 32.9 Å². The maximum atomic E-state index is 13.5. The first-order chi connectivity index (χ1) is 15.5. The van der Waals surface area contributed by atoms with Crippen molar-refractivity contribution in [2.75, 3.05) is 31.4 Å². The number of nitrogens with zero attached hydrogens (tertiary/aromatic N) is 3. The summed E-state index contributed by atoms with van der Waals surface area (Å²) in [5, 5.41) is 11.8. The van der Waals surface area contributed by atoms with Crippen LogP contribution < -0.4 is 4.90 Å². The number of hydrogen-bond acceptors (Lipinski definition) is 9. The fourth-order valence-electron chi connectivity index (χ4n) is 3.66. The van der Waals surface area contributed by atoms with Crippen LogP contribution in [0.4, 0.5) is 16.2 Å². The van der Waals surface area contributed by atoms with E-state index in [2.05, 4.69) is 4.74 Å². The maximum absolute atomic E-state index is 13.5. The van der Waals surface area contributed by atoms with E-state index in [0.717, 1.165) is 30.4 Å². The smallest absolute Gasteiger partial charge is 0.411 e. The highest BCUT2D eigenvalue weighted by Gasteiger charge is 2.43. The summed E-state index contributed by atoms with van der Waals surface area (Å²) in [4.78, 5) is 51.2. The number of carbonyl (C=O) groups excluding carboxylic acids is 3. The van der Waals surface area contributed by atoms with Gasteiger partial charge in [0.05, 0.1) is 22.5 Å². The zero-order valence-electron chi connectivity index (χ0n) is 20.1. The summed E-state index contributed by atoms with van der Waals surface area (Å²) < 4.78 is 34.7. The van der Waals surface area contributed by atoms with Crippen molar-refractivity contribution in [1.29, 1.82) is 0 Å². The van der Waals surface area contributed by atoms with Gasteiger partial charge in [0.2, 0.25) is 5.91 Å². The third kappa shape index (κ3) is 5.64. The second-order valence-electron chi connectivity index (χ2n) is 9.21. The molecule has 34 heavy (non-hydrogen) atoms. The van der Waals surface area contributed by atoms with Crippen molar-refractivity contribution < 1.29 is 37.2 Å². The van der Waals surface area contributed by atoms with E-state index in [1.807, 2.05) is 0 Å². The summed E-state index contributed by atoms with van der Waals surface area (Å²) in [6.45, 7) is 8.32. The summed E-state index contributed by atoms with van der Waals surface area (Å²) >= 11 is 0. The number of piperazine rings is 1. The van der Waals surface area contributed by atoms with Gasteiger partial charge in [0.15, 0.2) is 9.84 Å². The monoisotopic (exact) mass is 499 g/mol. The number of methoxy groups -OCH3 is 1. The number of benzene rings is 1. The first-order valence-corrected chi connectivity index (χ1v) is 12.3. The molecular weight excluding hydrogens is 470 g/mol. The van der Waals surface area contributed by atoms with E-state index >= 15 is 0 Å². The molecule has 1 heterocycles. The highest BCUT2D eigenvalue weighted by molar-refractivity contribution is 7.90. The lowest BCUT2D eigenvalue weighted by Gasteiger charge is -2.42. The Kier molecular flexibility index (Phi) is 7.60. The average Bonchev–Trinajstić information content (AvgIpc) is 2.69. The number of ether oxygens (including phenoxy) is 2. The van der Waals surface area contributed by atoms with Gasteiger partial charge in [-0.25, -0.2) is 18.0 Å². The van der Waals surface area contributed by atoms with Crippen molar-refractivity contribution >= 4 is 39.2 Å². The molecule has 1 aliphatic heterocycles. The van der Waals surface area contributed by atoms with E-state index in [4.69, 9.17) is 4.74 Å². The van der Waals surface area contributed by atoms with Gasteiger partial charge in [-0.1, -0.05) is 13.8 Å². The van der Waals surface area contributed by atoms with Crippen LogP contribution in [-0.4, -0.2) is 74.3 Å². The van der Waals surface area contributed by atoms with E-state index in [1.54, 1.807) is 34.6 Å². The Morgan fingerprint density at radius 1 is 1.21 bits per heavy atom. The molecule has 1 aromatic carbocycles. The van der Waals surface area contributed by atoms with Crippen LogP contribution in [0.25, 0.3) is 0 Å². The van der Waals surface area contributed by atoms with Crippen molar-refractivity contribution in [3.05, 3.63) is 27.8 Å². The molecule has 1 saturated heterocycles. The predicted octanol–water partition coefficient (Wildman–Crippen LogP) is 2.39. The molecule has 0 radical (unpaired) electrons. The van der Waals surface area contributed by atoms with Gasteiger partial charge in [0, 0.05) is 25.4 Å². The number of esters is 1. The number of rotatable bonds is 5. The number of nitro benzene ring substituents is 1. The summed E-state index contributed by atoms with van der Waals surface area (Å²) in [5.41, 5.74) is -2.25. The maximum Gasteiger partial charge on any atom is 0.411 e. The Labute approximate surface area is 197 Å². The van der Waals surface area contributed by atoms with Crippen LogP contribution >= 0.6 is 0 Å². The van der Waals surface area contributed by atoms with Gasteiger partial charge in [0.1, 0.15) is 17.3 Å². The lowest BCUT2D eigenvalue weighted by atomic mass is 9.98. The summed E-state index contributed by atoms with van der Waals surface area (Å²) in [6, 6.07) is 0.707. The number of hydrogen-bond donors (Lipinski definition) is 0. The number of sulfone groups is 1. The fourth-order valence-corrected chi connectivity index (χ4v) is 4.52. The highest BCUT2D eigenvalue weighted by Crippen LogP contribution is 2.36. The van der Waals surface area contributed by atoms with Crippen molar-refractivity contribution in [1.82, 2.24) is 4.90 Å². The first kappa shape index (κ1) is 27.0. The van der Waals surface area contributed by atoms with Crippen LogP contribution in [0, 0.1) is 16.0 Å². The molecule has 0 bridgehead atoms. The van der Waals surface area contributed by atoms with E-state index in [1.165, 1.54) is 4.90 Å². The van der Waals surface area contributed by atoms with E-state index < -0.39 is 60.5 Å². The first-order valence-electron chi connectivity index (χ1n) is 10.4. The predicted molar refractivity (Wildman–Crippen MR) is 121 cm³/mol. The largest absolute Gasteiger partial charge is 0.465 e. The average molecular weight is 500 g/mol. The summed E-state index contributed by atoms with van der Waals surface area (Å²) in [6.07, 6.45) is 0.135.